The number of carbonyl (C=O) groups is 2. The maximum absolute atomic E-state index is 13.7. The van der Waals surface area contributed by atoms with Gasteiger partial charge >= 0.3 is 11.9 Å². The number of nitrogens with zero attached hydrogens (tertiary/aromatic N) is 1. The molecular formula is C47H81N2O4+. The molecule has 0 unspecified atom stereocenters. The monoisotopic (exact) mass is 738 g/mol. The Kier molecular flexibility index (Phi) is 26.9. The Morgan fingerprint density at radius 3 is 1.19 bits per heavy atom. The summed E-state index contributed by atoms with van der Waals surface area (Å²) in [7, 11) is 1.96. The zero-order valence-corrected chi connectivity index (χ0v) is 35.2. The van der Waals surface area contributed by atoms with E-state index in [1.54, 1.807) is 0 Å². The summed E-state index contributed by atoms with van der Waals surface area (Å²) in [6.45, 7) is 9.14. The van der Waals surface area contributed by atoms with E-state index in [9.17, 15) is 9.59 Å². The van der Waals surface area contributed by atoms with Crippen molar-refractivity contribution >= 4 is 11.9 Å². The lowest BCUT2D eigenvalue weighted by atomic mass is 9.81. The average molecular weight is 738 g/mol. The number of esters is 2. The molecule has 302 valence electrons. The Labute approximate surface area is 326 Å². The van der Waals surface area contributed by atoms with Crippen LogP contribution in [0, 0.1) is 0 Å². The van der Waals surface area contributed by atoms with Crippen LogP contribution in [-0.4, -0.2) is 25.2 Å². The third-order valence-corrected chi connectivity index (χ3v) is 11.0. The van der Waals surface area contributed by atoms with Crippen LogP contribution in [0.15, 0.2) is 47.1 Å². The number of carbonyl (C=O) groups excluding carboxylic acids is 2. The number of rotatable bonds is 33. The van der Waals surface area contributed by atoms with Crippen molar-refractivity contribution in [2.24, 2.45) is 7.05 Å². The summed E-state index contributed by atoms with van der Waals surface area (Å²) in [6, 6.07) is 3.94. The third kappa shape index (κ3) is 20.6. The fourth-order valence-corrected chi connectivity index (χ4v) is 7.73. The lowest BCUT2D eigenvalue weighted by Gasteiger charge is -2.30. The molecule has 0 aliphatic carbocycles. The molecular weight excluding hydrogens is 657 g/mol. The number of aromatic nitrogens is 1. The van der Waals surface area contributed by atoms with Crippen LogP contribution < -0.4 is 9.88 Å². The van der Waals surface area contributed by atoms with E-state index in [2.05, 4.69) is 19.2 Å². The molecule has 2 rings (SSSR count). The standard InChI is InChI=1S/C47H80N2O4/c1-6-8-10-12-14-16-18-20-22-24-26-28-30-32-37-52-46(50)43-40(3)48-41(4)44(45(43)42-35-34-36-49(5)39-42)47(51)53-38-33-31-29-27-25-23-21-19-17-15-13-11-9-7-2/h34-36,39,45H,6-33,37-38H2,1-5H3/p+1. The van der Waals surface area contributed by atoms with Crippen LogP contribution in [0.4, 0.5) is 0 Å². The van der Waals surface area contributed by atoms with Gasteiger partial charge in [-0.3, -0.25) is 0 Å². The first-order valence-electron chi connectivity index (χ1n) is 22.4. The zero-order chi connectivity index (χ0) is 38.4. The van der Waals surface area contributed by atoms with Crippen LogP contribution in [0.2, 0.25) is 0 Å². The van der Waals surface area contributed by atoms with E-state index in [-0.39, 0.29) is 11.9 Å². The largest absolute Gasteiger partial charge is 0.462 e. The molecule has 0 bridgehead atoms. The van der Waals surface area contributed by atoms with Gasteiger partial charge in [-0.15, -0.1) is 0 Å². The summed E-state index contributed by atoms with van der Waals surface area (Å²) >= 11 is 0. The minimum absolute atomic E-state index is 0.356. The predicted octanol–water partition coefficient (Wildman–Crippen LogP) is 12.8. The molecule has 0 atom stereocenters. The number of hydrogen-bond acceptors (Lipinski definition) is 5. The first kappa shape index (κ1) is 46.5. The number of dihydropyridines is 1. The first-order valence-corrected chi connectivity index (χ1v) is 22.4. The number of aryl methyl sites for hydroxylation is 1. The molecule has 6 nitrogen and oxygen atoms in total. The van der Waals surface area contributed by atoms with Gasteiger partial charge in [0.15, 0.2) is 12.4 Å². The van der Waals surface area contributed by atoms with E-state index in [1.165, 1.54) is 154 Å². The molecule has 0 amide bonds. The van der Waals surface area contributed by atoms with E-state index in [0.717, 1.165) is 42.6 Å². The van der Waals surface area contributed by atoms with Crippen molar-refractivity contribution in [1.82, 2.24) is 5.32 Å². The van der Waals surface area contributed by atoms with E-state index in [1.807, 2.05) is 50.0 Å². The van der Waals surface area contributed by atoms with Crippen molar-refractivity contribution in [3.8, 4) is 0 Å². The Hall–Kier alpha value is -2.63. The van der Waals surface area contributed by atoms with Gasteiger partial charge in [0.25, 0.3) is 0 Å². The number of nitrogens with one attached hydrogen (secondary N) is 1. The lowest BCUT2D eigenvalue weighted by molar-refractivity contribution is -0.671. The zero-order valence-electron chi connectivity index (χ0n) is 35.2. The molecule has 0 spiro atoms. The number of unbranched alkanes of at least 4 members (excludes halogenated alkanes) is 26. The highest BCUT2D eigenvalue weighted by molar-refractivity contribution is 5.99. The van der Waals surface area contributed by atoms with Crippen LogP contribution in [0.3, 0.4) is 0 Å². The van der Waals surface area contributed by atoms with Crippen molar-refractivity contribution in [2.45, 2.75) is 213 Å². The summed E-state index contributed by atoms with van der Waals surface area (Å²) in [6.07, 6.45) is 40.0. The molecule has 53 heavy (non-hydrogen) atoms. The summed E-state index contributed by atoms with van der Waals surface area (Å²) < 4.78 is 13.7. The highest BCUT2D eigenvalue weighted by atomic mass is 16.5. The molecule has 6 heteroatoms. The molecule has 1 aromatic heterocycles. The average Bonchev–Trinajstić information content (AvgIpc) is 3.14. The molecule has 1 N–H and O–H groups in total. The van der Waals surface area contributed by atoms with Gasteiger partial charge in [0, 0.05) is 23.0 Å². The van der Waals surface area contributed by atoms with Gasteiger partial charge in [0.2, 0.25) is 0 Å². The molecule has 0 fully saturated rings. The van der Waals surface area contributed by atoms with Gasteiger partial charge in [-0.25, -0.2) is 14.2 Å². The molecule has 0 saturated heterocycles. The van der Waals surface area contributed by atoms with Crippen molar-refractivity contribution in [3.05, 3.63) is 52.6 Å². The van der Waals surface area contributed by atoms with Gasteiger partial charge in [-0.1, -0.05) is 181 Å². The number of pyridine rings is 1. The highest BCUT2D eigenvalue weighted by Gasteiger charge is 2.39. The van der Waals surface area contributed by atoms with Crippen molar-refractivity contribution in [2.75, 3.05) is 13.2 Å². The maximum Gasteiger partial charge on any atom is 0.336 e. The molecule has 1 aromatic rings. The van der Waals surface area contributed by atoms with E-state index in [0.29, 0.717) is 24.4 Å². The van der Waals surface area contributed by atoms with E-state index in [4.69, 9.17) is 9.47 Å². The van der Waals surface area contributed by atoms with E-state index >= 15 is 0 Å². The Balaban J connectivity index is 1.75. The maximum atomic E-state index is 13.7. The summed E-state index contributed by atoms with van der Waals surface area (Å²) in [5.74, 6) is -1.26. The molecule has 2 heterocycles. The first-order chi connectivity index (χ1) is 25.9. The summed E-state index contributed by atoms with van der Waals surface area (Å²) in [5.41, 5.74) is 3.33. The third-order valence-electron chi connectivity index (χ3n) is 11.0. The summed E-state index contributed by atoms with van der Waals surface area (Å²) in [5, 5.41) is 3.31. The second kappa shape index (κ2) is 30.7. The fraction of sp³-hybridized carbons (Fsp3) is 0.766. The highest BCUT2D eigenvalue weighted by Crippen LogP contribution is 2.39. The smallest absolute Gasteiger partial charge is 0.336 e. The van der Waals surface area contributed by atoms with Gasteiger partial charge < -0.3 is 14.8 Å². The second-order valence-corrected chi connectivity index (χ2v) is 15.9. The molecule has 0 radical (unpaired) electrons. The predicted molar refractivity (Wildman–Crippen MR) is 221 cm³/mol. The van der Waals surface area contributed by atoms with Gasteiger partial charge in [-0.2, -0.15) is 0 Å². The SMILES string of the molecule is CCCCCCCCCCCCCCCCOC(=O)C1=C(C)NC(C)=C(C(=O)OCCCCCCCCCCCCCCCC)C1c1ccc[n+](C)c1. The van der Waals surface area contributed by atoms with Gasteiger partial charge in [0.1, 0.15) is 7.05 Å². The molecule has 0 saturated carbocycles. The Morgan fingerprint density at radius 1 is 0.547 bits per heavy atom. The number of hydrogen-bond donors (Lipinski definition) is 1. The van der Waals surface area contributed by atoms with Gasteiger partial charge in [0.05, 0.1) is 30.3 Å². The van der Waals surface area contributed by atoms with Crippen molar-refractivity contribution in [3.63, 3.8) is 0 Å². The summed E-state index contributed by atoms with van der Waals surface area (Å²) in [4.78, 5) is 27.4. The van der Waals surface area contributed by atoms with Crippen LogP contribution in [0.5, 0.6) is 0 Å². The Bertz CT molecular complexity index is 1120. The van der Waals surface area contributed by atoms with Crippen LogP contribution in [0.25, 0.3) is 0 Å². The molecule has 0 aromatic carbocycles. The quantitative estimate of drug-likeness (QED) is 0.0442. The van der Waals surface area contributed by atoms with Crippen LogP contribution in [0.1, 0.15) is 219 Å². The second-order valence-electron chi connectivity index (χ2n) is 15.9. The fourth-order valence-electron chi connectivity index (χ4n) is 7.73. The van der Waals surface area contributed by atoms with E-state index < -0.39 is 5.92 Å². The minimum atomic E-state index is -0.545. The van der Waals surface area contributed by atoms with Gasteiger partial charge in [-0.05, 0) is 32.8 Å². The van der Waals surface area contributed by atoms with Crippen LogP contribution in [-0.2, 0) is 26.1 Å². The molecule has 1 aliphatic rings. The van der Waals surface area contributed by atoms with Crippen molar-refractivity contribution in [1.29, 1.82) is 0 Å². The molecule has 1 aliphatic heterocycles. The topological polar surface area (TPSA) is 68.5 Å². The number of allylic oxidation sites excluding steroid dienone is 2. The van der Waals surface area contributed by atoms with Crippen molar-refractivity contribution < 1.29 is 23.6 Å². The van der Waals surface area contributed by atoms with Crippen LogP contribution >= 0.6 is 0 Å². The number of ether oxygens (including phenoxy) is 2. The normalized spacial score (nSPS) is 13.5. The lowest BCUT2D eigenvalue weighted by Crippen LogP contribution is -2.34. The minimum Gasteiger partial charge on any atom is -0.462 e. The Morgan fingerprint density at radius 2 is 0.868 bits per heavy atom.